The molecule has 2 heterocycles. The third-order valence-electron chi connectivity index (χ3n) is 1.58. The molecule has 0 aliphatic carbocycles. The Morgan fingerprint density at radius 2 is 2.50 bits per heavy atom. The monoisotopic (exact) mass is 209 g/mol. The Balaban J connectivity index is 2.09. The maximum atomic E-state index is 11.5. The van der Waals surface area contributed by atoms with Crippen molar-refractivity contribution in [2.75, 3.05) is 0 Å². The lowest BCUT2D eigenvalue weighted by Crippen LogP contribution is -2.03. The average molecular weight is 209 g/mol. The summed E-state index contributed by atoms with van der Waals surface area (Å²) in [5.74, 6) is 0.409. The molecule has 0 aliphatic rings. The van der Waals surface area contributed by atoms with E-state index in [1.807, 2.05) is 0 Å². The zero-order chi connectivity index (χ0) is 9.97. The van der Waals surface area contributed by atoms with Gasteiger partial charge in [0.25, 0.3) is 0 Å². The van der Waals surface area contributed by atoms with Crippen LogP contribution in [-0.4, -0.2) is 31.0 Å². The minimum Gasteiger partial charge on any atom is -0.293 e. The molecule has 7 heteroatoms. The maximum absolute atomic E-state index is 11.5. The molecule has 0 fully saturated rings. The van der Waals surface area contributed by atoms with Crippen molar-refractivity contribution in [3.8, 4) is 0 Å². The van der Waals surface area contributed by atoms with Crippen LogP contribution in [0, 0.1) is 0 Å². The number of aromatic nitrogens is 5. The normalized spacial score (nSPS) is 10.4. The molecule has 14 heavy (non-hydrogen) atoms. The molecule has 0 unspecified atom stereocenters. The summed E-state index contributed by atoms with van der Waals surface area (Å²) in [7, 11) is 1.66. The Morgan fingerprint density at radius 3 is 3.07 bits per heavy atom. The first kappa shape index (κ1) is 8.95. The molecule has 0 N–H and O–H groups in total. The Bertz CT molecular complexity index is 435. The highest BCUT2D eigenvalue weighted by atomic mass is 32.1. The minimum absolute atomic E-state index is 0.0273. The van der Waals surface area contributed by atoms with E-state index in [-0.39, 0.29) is 12.2 Å². The van der Waals surface area contributed by atoms with Gasteiger partial charge >= 0.3 is 0 Å². The van der Waals surface area contributed by atoms with Gasteiger partial charge < -0.3 is 0 Å². The van der Waals surface area contributed by atoms with Crippen molar-refractivity contribution in [1.29, 1.82) is 0 Å². The van der Waals surface area contributed by atoms with E-state index in [2.05, 4.69) is 20.4 Å². The number of nitrogens with zero attached hydrogens (tertiary/aromatic N) is 5. The zero-order valence-corrected chi connectivity index (χ0v) is 8.23. The number of aryl methyl sites for hydroxylation is 1. The van der Waals surface area contributed by atoms with Crippen LogP contribution < -0.4 is 0 Å². The van der Waals surface area contributed by atoms with E-state index in [1.54, 1.807) is 18.8 Å². The van der Waals surface area contributed by atoms with Crippen molar-refractivity contribution in [2.24, 2.45) is 7.05 Å². The van der Waals surface area contributed by atoms with Crippen LogP contribution in [0.15, 0.2) is 11.7 Å². The molecule has 2 aromatic rings. The molecular weight excluding hydrogens is 202 g/mol. The van der Waals surface area contributed by atoms with Gasteiger partial charge in [-0.2, -0.15) is 4.80 Å². The van der Waals surface area contributed by atoms with Gasteiger partial charge in [-0.25, -0.2) is 0 Å². The molecule has 2 rings (SSSR count). The Hall–Kier alpha value is -1.63. The van der Waals surface area contributed by atoms with Crippen LogP contribution in [0.1, 0.15) is 15.5 Å². The fourth-order valence-corrected chi connectivity index (χ4v) is 1.54. The molecule has 0 saturated heterocycles. The predicted octanol–water partition coefficient (Wildman–Crippen LogP) is 0.0920. The van der Waals surface area contributed by atoms with Gasteiger partial charge in [-0.1, -0.05) is 0 Å². The van der Waals surface area contributed by atoms with Gasteiger partial charge in [0, 0.05) is 6.20 Å². The first-order valence-electron chi connectivity index (χ1n) is 3.90. The van der Waals surface area contributed by atoms with E-state index >= 15 is 0 Å². The van der Waals surface area contributed by atoms with E-state index in [4.69, 9.17) is 0 Å². The lowest BCUT2D eigenvalue weighted by atomic mass is 10.2. The van der Waals surface area contributed by atoms with Gasteiger partial charge in [-0.3, -0.25) is 9.78 Å². The molecule has 0 bridgehead atoms. The molecule has 0 amide bonds. The van der Waals surface area contributed by atoms with Crippen molar-refractivity contribution in [3.05, 3.63) is 22.4 Å². The number of hydrogen-bond acceptors (Lipinski definition) is 6. The van der Waals surface area contributed by atoms with Crippen LogP contribution in [0.3, 0.4) is 0 Å². The first-order valence-corrected chi connectivity index (χ1v) is 4.78. The first-order chi connectivity index (χ1) is 6.75. The standard InChI is InChI=1S/C7H7N5OS/c1-12-10-7(9-11-12)2-5(13)6-3-8-4-14-6/h3-4H,2H2,1H3. The number of tetrazole rings is 1. The molecule has 2 aromatic heterocycles. The summed E-state index contributed by atoms with van der Waals surface area (Å²) < 4.78 is 0. The van der Waals surface area contributed by atoms with Crippen molar-refractivity contribution in [1.82, 2.24) is 25.2 Å². The summed E-state index contributed by atoms with van der Waals surface area (Å²) in [6.07, 6.45) is 1.72. The molecular formula is C7H7N5OS. The number of thiazole rings is 1. The third kappa shape index (κ3) is 1.82. The largest absolute Gasteiger partial charge is 0.293 e. The molecule has 6 nitrogen and oxygen atoms in total. The highest BCUT2D eigenvalue weighted by Crippen LogP contribution is 2.08. The van der Waals surface area contributed by atoms with Gasteiger partial charge in [0.2, 0.25) is 0 Å². The Morgan fingerprint density at radius 1 is 1.64 bits per heavy atom. The van der Waals surface area contributed by atoms with E-state index < -0.39 is 0 Å². The summed E-state index contributed by atoms with van der Waals surface area (Å²) in [5, 5.41) is 11.3. The maximum Gasteiger partial charge on any atom is 0.182 e. The van der Waals surface area contributed by atoms with Gasteiger partial charge in [0.1, 0.15) is 0 Å². The lowest BCUT2D eigenvalue weighted by molar-refractivity contribution is 0.0994. The van der Waals surface area contributed by atoms with Crippen LogP contribution in [0.25, 0.3) is 0 Å². The number of carbonyl (C=O) groups excluding carboxylic acids is 1. The van der Waals surface area contributed by atoms with E-state index in [0.717, 1.165) is 0 Å². The number of carbonyl (C=O) groups is 1. The summed E-state index contributed by atoms with van der Waals surface area (Å²) in [6, 6.07) is 0. The van der Waals surface area contributed by atoms with Gasteiger partial charge in [-0.15, -0.1) is 21.5 Å². The second-order valence-corrected chi connectivity index (χ2v) is 3.55. The van der Waals surface area contributed by atoms with Crippen molar-refractivity contribution in [2.45, 2.75) is 6.42 Å². The van der Waals surface area contributed by atoms with Crippen molar-refractivity contribution < 1.29 is 4.79 Å². The van der Waals surface area contributed by atoms with Gasteiger partial charge in [0.05, 0.1) is 23.9 Å². The average Bonchev–Trinajstić information content (AvgIpc) is 2.75. The summed E-state index contributed by atoms with van der Waals surface area (Å²) in [4.78, 5) is 17.3. The van der Waals surface area contributed by atoms with Crippen LogP contribution in [0.4, 0.5) is 0 Å². The zero-order valence-electron chi connectivity index (χ0n) is 7.41. The molecule has 0 aromatic carbocycles. The fourth-order valence-electron chi connectivity index (χ4n) is 0.978. The van der Waals surface area contributed by atoms with Crippen molar-refractivity contribution in [3.63, 3.8) is 0 Å². The van der Waals surface area contributed by atoms with Crippen LogP contribution in [0.5, 0.6) is 0 Å². The van der Waals surface area contributed by atoms with Crippen LogP contribution in [-0.2, 0) is 13.5 Å². The second-order valence-electron chi connectivity index (χ2n) is 2.66. The topological polar surface area (TPSA) is 73.6 Å². The van der Waals surface area contributed by atoms with Gasteiger partial charge in [-0.05, 0) is 5.21 Å². The Labute approximate surface area is 83.6 Å². The number of Topliss-reactive ketones (excluding diaryl/α,β-unsaturated/α-hetero) is 1. The molecule has 0 atom stereocenters. The predicted molar refractivity (Wildman–Crippen MR) is 48.9 cm³/mol. The quantitative estimate of drug-likeness (QED) is 0.670. The van der Waals surface area contributed by atoms with E-state index in [9.17, 15) is 4.79 Å². The molecule has 72 valence electrons. The van der Waals surface area contributed by atoms with Crippen LogP contribution >= 0.6 is 11.3 Å². The fraction of sp³-hybridized carbons (Fsp3) is 0.286. The molecule has 0 radical (unpaired) electrons. The smallest absolute Gasteiger partial charge is 0.182 e. The summed E-state index contributed by atoms with van der Waals surface area (Å²) >= 11 is 1.31. The summed E-state index contributed by atoms with van der Waals surface area (Å²) in [5.41, 5.74) is 1.62. The van der Waals surface area contributed by atoms with Crippen molar-refractivity contribution >= 4 is 17.1 Å². The highest BCUT2D eigenvalue weighted by molar-refractivity contribution is 7.11. The Kier molecular flexibility index (Phi) is 2.32. The molecule has 0 spiro atoms. The molecule has 0 saturated carbocycles. The highest BCUT2D eigenvalue weighted by Gasteiger charge is 2.11. The molecule has 0 aliphatic heterocycles. The number of rotatable bonds is 3. The van der Waals surface area contributed by atoms with Crippen LogP contribution in [0.2, 0.25) is 0 Å². The third-order valence-corrected chi connectivity index (χ3v) is 2.39. The lowest BCUT2D eigenvalue weighted by Gasteiger charge is -1.90. The number of ketones is 1. The van der Waals surface area contributed by atoms with E-state index in [1.165, 1.54) is 16.1 Å². The number of hydrogen-bond donors (Lipinski definition) is 0. The minimum atomic E-state index is -0.0273. The second kappa shape index (κ2) is 3.62. The SMILES string of the molecule is Cn1nnc(CC(=O)c2cncs2)n1. The van der Waals surface area contributed by atoms with E-state index in [0.29, 0.717) is 10.7 Å². The van der Waals surface area contributed by atoms with Gasteiger partial charge in [0.15, 0.2) is 11.6 Å². The summed E-state index contributed by atoms with van der Waals surface area (Å²) in [6.45, 7) is 0.